The average molecular weight is 288 g/mol. The minimum atomic E-state index is 0.544. The first-order chi connectivity index (χ1) is 9.70. The number of anilines is 2. The molecule has 2 aromatic rings. The SMILES string of the molecule is CC1CN2CCCC2CN1c1nc2ccc(N)cc2s1. The van der Waals surface area contributed by atoms with Crippen molar-refractivity contribution in [1.29, 1.82) is 0 Å². The molecule has 1 aromatic heterocycles. The second kappa shape index (κ2) is 4.60. The van der Waals surface area contributed by atoms with E-state index in [2.05, 4.69) is 16.7 Å². The molecule has 2 unspecified atom stereocenters. The van der Waals surface area contributed by atoms with E-state index in [1.54, 1.807) is 11.3 Å². The molecule has 0 spiro atoms. The number of piperazine rings is 1. The molecule has 0 aliphatic carbocycles. The van der Waals surface area contributed by atoms with Crippen LogP contribution in [-0.2, 0) is 0 Å². The Bertz CT molecular complexity index is 638. The first-order valence-electron chi connectivity index (χ1n) is 7.37. The number of benzene rings is 1. The number of rotatable bonds is 1. The number of hydrogen-bond donors (Lipinski definition) is 1. The standard InChI is InChI=1S/C15H20N4S/c1-10-8-18-6-2-3-12(18)9-19(10)15-17-13-5-4-11(16)7-14(13)20-15/h4-5,7,10,12H,2-3,6,8-9,16H2,1H3. The van der Waals surface area contributed by atoms with E-state index >= 15 is 0 Å². The molecule has 0 radical (unpaired) electrons. The van der Waals surface area contributed by atoms with Gasteiger partial charge in [0.25, 0.3) is 0 Å². The summed E-state index contributed by atoms with van der Waals surface area (Å²) in [5, 5.41) is 1.16. The number of fused-ring (bicyclic) bond motifs is 2. The highest BCUT2D eigenvalue weighted by Gasteiger charge is 2.35. The minimum Gasteiger partial charge on any atom is -0.399 e. The van der Waals surface area contributed by atoms with Crippen LogP contribution in [-0.4, -0.2) is 41.6 Å². The zero-order valence-electron chi connectivity index (χ0n) is 11.7. The average Bonchev–Trinajstić information content (AvgIpc) is 3.02. The van der Waals surface area contributed by atoms with Crippen LogP contribution in [0.2, 0.25) is 0 Å². The molecule has 2 N–H and O–H groups in total. The van der Waals surface area contributed by atoms with Crippen LogP contribution in [0.4, 0.5) is 10.8 Å². The van der Waals surface area contributed by atoms with Gasteiger partial charge in [-0.15, -0.1) is 0 Å². The van der Waals surface area contributed by atoms with Gasteiger partial charge in [0, 0.05) is 30.9 Å². The van der Waals surface area contributed by atoms with Gasteiger partial charge in [-0.3, -0.25) is 4.90 Å². The van der Waals surface area contributed by atoms with E-state index in [4.69, 9.17) is 10.7 Å². The van der Waals surface area contributed by atoms with Crippen molar-refractivity contribution < 1.29 is 0 Å². The molecule has 2 fully saturated rings. The predicted octanol–water partition coefficient (Wildman–Crippen LogP) is 2.55. The fourth-order valence-corrected chi connectivity index (χ4v) is 4.63. The van der Waals surface area contributed by atoms with Crippen LogP contribution in [0.3, 0.4) is 0 Å². The molecular weight excluding hydrogens is 268 g/mol. The third kappa shape index (κ3) is 1.96. The van der Waals surface area contributed by atoms with Crippen molar-refractivity contribution >= 4 is 32.4 Å². The molecular formula is C15H20N4S. The van der Waals surface area contributed by atoms with Crippen molar-refractivity contribution in [1.82, 2.24) is 9.88 Å². The molecule has 2 aliphatic heterocycles. The van der Waals surface area contributed by atoms with E-state index in [9.17, 15) is 0 Å². The van der Waals surface area contributed by atoms with Crippen LogP contribution in [0.1, 0.15) is 19.8 Å². The van der Waals surface area contributed by atoms with Gasteiger partial charge in [-0.1, -0.05) is 11.3 Å². The highest BCUT2D eigenvalue weighted by molar-refractivity contribution is 7.22. The van der Waals surface area contributed by atoms with Crippen molar-refractivity contribution in [3.05, 3.63) is 18.2 Å². The quantitative estimate of drug-likeness (QED) is 0.819. The van der Waals surface area contributed by atoms with Gasteiger partial charge in [-0.25, -0.2) is 4.98 Å². The lowest BCUT2D eigenvalue weighted by Gasteiger charge is -2.42. The number of hydrogen-bond acceptors (Lipinski definition) is 5. The van der Waals surface area contributed by atoms with Gasteiger partial charge in [0.2, 0.25) is 0 Å². The lowest BCUT2D eigenvalue weighted by atomic mass is 10.1. The Labute approximate surface area is 123 Å². The van der Waals surface area contributed by atoms with E-state index < -0.39 is 0 Å². The highest BCUT2D eigenvalue weighted by atomic mass is 32.1. The van der Waals surface area contributed by atoms with E-state index in [1.807, 2.05) is 18.2 Å². The Morgan fingerprint density at radius 1 is 1.35 bits per heavy atom. The maximum atomic E-state index is 5.87. The first kappa shape index (κ1) is 12.4. The monoisotopic (exact) mass is 288 g/mol. The van der Waals surface area contributed by atoms with Gasteiger partial charge in [0.15, 0.2) is 5.13 Å². The van der Waals surface area contributed by atoms with E-state index in [1.165, 1.54) is 30.6 Å². The molecule has 106 valence electrons. The molecule has 5 heteroatoms. The van der Waals surface area contributed by atoms with Gasteiger partial charge < -0.3 is 10.6 Å². The van der Waals surface area contributed by atoms with Crippen LogP contribution in [0, 0.1) is 0 Å². The molecule has 20 heavy (non-hydrogen) atoms. The van der Waals surface area contributed by atoms with Gasteiger partial charge in [-0.2, -0.15) is 0 Å². The Hall–Kier alpha value is -1.33. The molecule has 4 rings (SSSR count). The van der Waals surface area contributed by atoms with Crippen LogP contribution in [0.15, 0.2) is 18.2 Å². The topological polar surface area (TPSA) is 45.4 Å². The maximum Gasteiger partial charge on any atom is 0.186 e. The minimum absolute atomic E-state index is 0.544. The number of nitrogen functional groups attached to an aromatic ring is 1. The van der Waals surface area contributed by atoms with Crippen molar-refractivity contribution in [2.24, 2.45) is 0 Å². The molecule has 0 saturated carbocycles. The largest absolute Gasteiger partial charge is 0.399 e. The number of nitrogens with zero attached hydrogens (tertiary/aromatic N) is 3. The Kier molecular flexibility index (Phi) is 2.86. The Balaban J connectivity index is 1.67. The summed E-state index contributed by atoms with van der Waals surface area (Å²) in [6.07, 6.45) is 2.68. The van der Waals surface area contributed by atoms with Gasteiger partial charge in [0.05, 0.1) is 10.2 Å². The molecule has 1 aromatic carbocycles. The van der Waals surface area contributed by atoms with Crippen molar-refractivity contribution in [2.75, 3.05) is 30.3 Å². The Morgan fingerprint density at radius 2 is 2.25 bits per heavy atom. The molecule has 2 saturated heterocycles. The van der Waals surface area contributed by atoms with Crippen LogP contribution in [0.5, 0.6) is 0 Å². The summed E-state index contributed by atoms with van der Waals surface area (Å²) in [7, 11) is 0. The van der Waals surface area contributed by atoms with Crippen LogP contribution < -0.4 is 10.6 Å². The molecule has 0 amide bonds. The molecule has 4 nitrogen and oxygen atoms in total. The zero-order valence-corrected chi connectivity index (χ0v) is 12.6. The summed E-state index contributed by atoms with van der Waals surface area (Å²) in [4.78, 5) is 9.95. The predicted molar refractivity (Wildman–Crippen MR) is 85.4 cm³/mol. The summed E-state index contributed by atoms with van der Waals surface area (Å²) in [6.45, 7) is 5.88. The third-order valence-corrected chi connectivity index (χ3v) is 5.64. The zero-order chi connectivity index (χ0) is 13.7. The van der Waals surface area contributed by atoms with Crippen molar-refractivity contribution in [3.8, 4) is 0 Å². The summed E-state index contributed by atoms with van der Waals surface area (Å²) in [5.74, 6) is 0. The smallest absolute Gasteiger partial charge is 0.186 e. The number of nitrogens with two attached hydrogens (primary N) is 1. The fraction of sp³-hybridized carbons (Fsp3) is 0.533. The van der Waals surface area contributed by atoms with Gasteiger partial charge in [0.1, 0.15) is 0 Å². The summed E-state index contributed by atoms with van der Waals surface area (Å²) >= 11 is 1.77. The maximum absolute atomic E-state index is 5.87. The lowest BCUT2D eigenvalue weighted by molar-refractivity contribution is 0.203. The van der Waals surface area contributed by atoms with Gasteiger partial charge >= 0.3 is 0 Å². The molecule has 2 atom stereocenters. The second-order valence-electron chi connectivity index (χ2n) is 6.02. The van der Waals surface area contributed by atoms with E-state index in [0.717, 1.165) is 28.9 Å². The lowest BCUT2D eigenvalue weighted by Crippen LogP contribution is -2.55. The fourth-order valence-electron chi connectivity index (χ4n) is 3.51. The van der Waals surface area contributed by atoms with Crippen molar-refractivity contribution in [3.63, 3.8) is 0 Å². The molecule has 3 heterocycles. The Morgan fingerprint density at radius 3 is 3.15 bits per heavy atom. The number of thiazole rings is 1. The van der Waals surface area contributed by atoms with E-state index in [0.29, 0.717) is 6.04 Å². The number of aromatic nitrogens is 1. The molecule has 2 aliphatic rings. The third-order valence-electron chi connectivity index (χ3n) is 4.58. The van der Waals surface area contributed by atoms with Crippen LogP contribution in [0.25, 0.3) is 10.2 Å². The van der Waals surface area contributed by atoms with Gasteiger partial charge in [-0.05, 0) is 44.5 Å². The molecule has 0 bridgehead atoms. The summed E-state index contributed by atoms with van der Waals surface area (Å²) < 4.78 is 1.20. The van der Waals surface area contributed by atoms with Crippen LogP contribution >= 0.6 is 11.3 Å². The summed E-state index contributed by atoms with van der Waals surface area (Å²) in [6, 6.07) is 7.27. The normalized spacial score (nSPS) is 27.1. The summed E-state index contributed by atoms with van der Waals surface area (Å²) in [5.41, 5.74) is 7.76. The van der Waals surface area contributed by atoms with Crippen molar-refractivity contribution in [2.45, 2.75) is 31.8 Å². The second-order valence-corrected chi connectivity index (χ2v) is 7.03. The van der Waals surface area contributed by atoms with E-state index in [-0.39, 0.29) is 0 Å². The highest BCUT2D eigenvalue weighted by Crippen LogP contribution is 2.34. The first-order valence-corrected chi connectivity index (χ1v) is 8.19.